The standard InChI is InChI=1S/C28H28F2N4O3S/c29-19-1-3-23(22(30)10-19)34-14-21(27(36)32-28-11-16-7-17(12-28)9-18(8-16)13-28)25(35)20-2-4-24(31-26(20)34)33-5-6-38(37)15-33/h1-4,10,14,16-18H,5-9,11-13,15H2,(H,32,36). The van der Waals surface area contributed by atoms with Gasteiger partial charge in [-0.25, -0.2) is 13.8 Å². The Morgan fingerprint density at radius 3 is 2.39 bits per heavy atom. The molecule has 7 nitrogen and oxygen atoms in total. The molecule has 5 fully saturated rings. The highest BCUT2D eigenvalue weighted by Crippen LogP contribution is 2.55. The Balaban J connectivity index is 1.34. The van der Waals surface area contributed by atoms with Gasteiger partial charge in [-0.15, -0.1) is 0 Å². The second kappa shape index (κ2) is 8.69. The van der Waals surface area contributed by atoms with Crippen LogP contribution >= 0.6 is 0 Å². The highest BCUT2D eigenvalue weighted by atomic mass is 32.2. The summed E-state index contributed by atoms with van der Waals surface area (Å²) >= 11 is 0. The van der Waals surface area contributed by atoms with Crippen LogP contribution in [0.3, 0.4) is 0 Å². The van der Waals surface area contributed by atoms with Crippen molar-refractivity contribution >= 4 is 33.6 Å². The van der Waals surface area contributed by atoms with Crippen LogP contribution in [0.1, 0.15) is 48.9 Å². The van der Waals surface area contributed by atoms with Crippen LogP contribution in [0.15, 0.2) is 41.3 Å². The minimum atomic E-state index is -0.993. The van der Waals surface area contributed by atoms with Gasteiger partial charge in [0, 0.05) is 40.9 Å². The average molecular weight is 539 g/mol. The van der Waals surface area contributed by atoms with Gasteiger partial charge >= 0.3 is 0 Å². The van der Waals surface area contributed by atoms with Crippen molar-refractivity contribution in [2.45, 2.75) is 44.1 Å². The fraction of sp³-hybridized carbons (Fsp3) is 0.464. The monoisotopic (exact) mass is 538 g/mol. The molecule has 38 heavy (non-hydrogen) atoms. The molecule has 8 rings (SSSR count). The summed E-state index contributed by atoms with van der Waals surface area (Å²) in [6, 6.07) is 6.42. The normalized spacial score (nSPS) is 29.8. The molecule has 4 aliphatic carbocycles. The highest BCUT2D eigenvalue weighted by Gasteiger charge is 2.51. The average Bonchev–Trinajstić information content (AvgIpc) is 3.29. The Morgan fingerprint density at radius 1 is 1.05 bits per heavy atom. The molecule has 1 saturated heterocycles. The van der Waals surface area contributed by atoms with Crippen LogP contribution in [-0.4, -0.2) is 43.4 Å². The predicted octanol–water partition coefficient (Wildman–Crippen LogP) is 3.89. The number of rotatable bonds is 4. The van der Waals surface area contributed by atoms with Gasteiger partial charge in [-0.2, -0.15) is 0 Å². The molecule has 1 unspecified atom stereocenters. The van der Waals surface area contributed by atoms with Crippen LogP contribution in [0.4, 0.5) is 14.6 Å². The third-order valence-electron chi connectivity index (χ3n) is 8.88. The third-order valence-corrected chi connectivity index (χ3v) is 10.1. The first kappa shape index (κ1) is 23.9. The number of anilines is 1. The van der Waals surface area contributed by atoms with E-state index in [0.29, 0.717) is 41.7 Å². The highest BCUT2D eigenvalue weighted by molar-refractivity contribution is 7.85. The summed E-state index contributed by atoms with van der Waals surface area (Å²) < 4.78 is 42.1. The van der Waals surface area contributed by atoms with Gasteiger partial charge in [0.1, 0.15) is 23.0 Å². The fourth-order valence-corrected chi connectivity index (χ4v) is 8.82. The number of halogens is 2. The van der Waals surface area contributed by atoms with E-state index in [1.165, 1.54) is 36.1 Å². The minimum absolute atomic E-state index is 0.0186. The van der Waals surface area contributed by atoms with Crippen molar-refractivity contribution in [2.75, 3.05) is 23.1 Å². The molecule has 3 heterocycles. The van der Waals surface area contributed by atoms with Crippen LogP contribution in [0.25, 0.3) is 16.7 Å². The topological polar surface area (TPSA) is 84.3 Å². The van der Waals surface area contributed by atoms with E-state index in [0.717, 1.165) is 31.4 Å². The zero-order chi connectivity index (χ0) is 26.2. The Hall–Kier alpha value is -3.14. The Labute approximate surface area is 220 Å². The van der Waals surface area contributed by atoms with Gasteiger partial charge in [0.2, 0.25) is 5.43 Å². The van der Waals surface area contributed by atoms with Crippen LogP contribution in [0.2, 0.25) is 0 Å². The first-order valence-corrected chi connectivity index (χ1v) is 14.7. The zero-order valence-electron chi connectivity index (χ0n) is 20.8. The summed E-state index contributed by atoms with van der Waals surface area (Å²) in [4.78, 5) is 33.8. The minimum Gasteiger partial charge on any atom is -0.346 e. The molecule has 3 aromatic rings. The van der Waals surface area contributed by atoms with Gasteiger partial charge < -0.3 is 10.2 Å². The molecule has 4 saturated carbocycles. The van der Waals surface area contributed by atoms with Gasteiger partial charge in [-0.3, -0.25) is 18.4 Å². The maximum atomic E-state index is 15.0. The van der Waals surface area contributed by atoms with Crippen molar-refractivity contribution in [2.24, 2.45) is 17.8 Å². The van der Waals surface area contributed by atoms with Crippen LogP contribution in [0.5, 0.6) is 0 Å². The molecule has 1 N–H and O–H groups in total. The maximum absolute atomic E-state index is 15.0. The largest absolute Gasteiger partial charge is 0.346 e. The molecule has 198 valence electrons. The number of carbonyl (C=O) groups is 1. The molecule has 1 aliphatic heterocycles. The Bertz CT molecular complexity index is 1540. The third kappa shape index (κ3) is 3.95. The number of nitrogens with one attached hydrogen (secondary N) is 1. The van der Waals surface area contributed by atoms with E-state index in [1.807, 2.05) is 4.90 Å². The summed E-state index contributed by atoms with van der Waals surface area (Å²) in [7, 11) is -0.993. The second-order valence-electron chi connectivity index (χ2n) is 11.6. The summed E-state index contributed by atoms with van der Waals surface area (Å²) in [5, 5.41) is 3.40. The second-order valence-corrected chi connectivity index (χ2v) is 13.1. The number of pyridine rings is 2. The van der Waals surface area contributed by atoms with E-state index in [-0.39, 0.29) is 27.8 Å². The molecular formula is C28H28F2N4O3S. The number of hydrogen-bond acceptors (Lipinski definition) is 5. The van der Waals surface area contributed by atoms with Gasteiger partial charge in [0.05, 0.1) is 17.0 Å². The van der Waals surface area contributed by atoms with Crippen molar-refractivity contribution in [3.8, 4) is 5.69 Å². The lowest BCUT2D eigenvalue weighted by molar-refractivity contribution is -0.0167. The summed E-state index contributed by atoms with van der Waals surface area (Å²) in [6.07, 6.45) is 7.79. The lowest BCUT2D eigenvalue weighted by atomic mass is 9.53. The van der Waals surface area contributed by atoms with Crippen molar-refractivity contribution in [1.29, 1.82) is 0 Å². The van der Waals surface area contributed by atoms with E-state index in [4.69, 9.17) is 0 Å². The number of amides is 1. The van der Waals surface area contributed by atoms with E-state index in [2.05, 4.69) is 10.3 Å². The number of benzene rings is 1. The Kier molecular flexibility index (Phi) is 5.48. The van der Waals surface area contributed by atoms with Gasteiger partial charge in [-0.05, 0) is 80.5 Å². The number of carbonyl (C=O) groups excluding carboxylic acids is 1. The molecule has 1 aromatic carbocycles. The smallest absolute Gasteiger partial charge is 0.257 e. The van der Waals surface area contributed by atoms with E-state index in [9.17, 15) is 18.2 Å². The molecule has 0 spiro atoms. The molecule has 5 aliphatic rings. The number of aromatic nitrogens is 2. The zero-order valence-corrected chi connectivity index (χ0v) is 21.6. The molecule has 2 aromatic heterocycles. The number of fused-ring (bicyclic) bond motifs is 1. The first-order valence-electron chi connectivity index (χ1n) is 13.2. The summed E-state index contributed by atoms with van der Waals surface area (Å²) in [6.45, 7) is 0.547. The SMILES string of the molecule is O=C(NC12CC3CC(CC(C3)C1)C2)c1cn(-c2ccc(F)cc2F)c2nc(N3CCS(=O)C3)ccc2c1=O. The fourth-order valence-electron chi connectivity index (χ4n) is 7.66. The quantitative estimate of drug-likeness (QED) is 0.545. The van der Waals surface area contributed by atoms with Crippen LogP contribution in [0, 0.1) is 29.4 Å². The molecule has 1 amide bonds. The summed E-state index contributed by atoms with van der Waals surface area (Å²) in [5.74, 6) is 1.16. The first-order chi connectivity index (χ1) is 18.3. The van der Waals surface area contributed by atoms with Gasteiger partial charge in [0.15, 0.2) is 5.65 Å². The molecular weight excluding hydrogens is 510 g/mol. The lowest BCUT2D eigenvalue weighted by Crippen LogP contribution is -2.60. The van der Waals surface area contributed by atoms with E-state index in [1.54, 1.807) is 12.1 Å². The van der Waals surface area contributed by atoms with Gasteiger partial charge in [0.25, 0.3) is 5.91 Å². The molecule has 1 atom stereocenters. The molecule has 4 bridgehead atoms. The van der Waals surface area contributed by atoms with Crippen molar-refractivity contribution in [3.63, 3.8) is 0 Å². The van der Waals surface area contributed by atoms with Crippen molar-refractivity contribution in [1.82, 2.24) is 14.9 Å². The summed E-state index contributed by atoms with van der Waals surface area (Å²) in [5.41, 5.74) is -0.733. The predicted molar refractivity (Wildman–Crippen MR) is 141 cm³/mol. The molecule has 0 radical (unpaired) electrons. The number of nitrogens with zero attached hydrogens (tertiary/aromatic N) is 3. The maximum Gasteiger partial charge on any atom is 0.257 e. The van der Waals surface area contributed by atoms with Crippen molar-refractivity contribution in [3.05, 3.63) is 63.9 Å². The van der Waals surface area contributed by atoms with Crippen molar-refractivity contribution < 1.29 is 17.8 Å². The Morgan fingerprint density at radius 2 is 1.76 bits per heavy atom. The van der Waals surface area contributed by atoms with Crippen LogP contribution in [-0.2, 0) is 10.8 Å². The molecule has 10 heteroatoms. The number of hydrogen-bond donors (Lipinski definition) is 1. The van der Waals surface area contributed by atoms with E-state index < -0.39 is 33.8 Å². The van der Waals surface area contributed by atoms with E-state index >= 15 is 4.39 Å². The van der Waals surface area contributed by atoms with Gasteiger partial charge in [-0.1, -0.05) is 0 Å². The lowest BCUT2D eigenvalue weighted by Gasteiger charge is -2.56. The van der Waals surface area contributed by atoms with Crippen LogP contribution < -0.4 is 15.6 Å².